The molecule has 1 aromatic heterocycles. The molecule has 0 unspecified atom stereocenters. The lowest BCUT2D eigenvalue weighted by Crippen LogP contribution is -2.34. The van der Waals surface area contributed by atoms with Crippen molar-refractivity contribution in [1.82, 2.24) is 4.98 Å². The van der Waals surface area contributed by atoms with Gasteiger partial charge in [-0.05, 0) is 30.2 Å². The van der Waals surface area contributed by atoms with Gasteiger partial charge in [0.2, 0.25) is 11.8 Å². The summed E-state index contributed by atoms with van der Waals surface area (Å²) in [6.45, 7) is 3.94. The predicted octanol–water partition coefficient (Wildman–Crippen LogP) is 1.77. The third-order valence-corrected chi connectivity index (χ3v) is 6.91. The van der Waals surface area contributed by atoms with E-state index in [4.69, 9.17) is 5.73 Å². The quantitative estimate of drug-likeness (QED) is 0.665. The maximum Gasteiger partial charge on any atom is 0.267 e. The van der Waals surface area contributed by atoms with Crippen LogP contribution in [0.5, 0.6) is 0 Å². The molecule has 0 saturated carbocycles. The van der Waals surface area contributed by atoms with Crippen LogP contribution in [-0.2, 0) is 30.6 Å². The van der Waals surface area contributed by atoms with E-state index in [-0.39, 0.29) is 31.7 Å². The fourth-order valence-corrected chi connectivity index (χ4v) is 5.08. The van der Waals surface area contributed by atoms with Crippen molar-refractivity contribution in [2.45, 2.75) is 49.2 Å². The number of nitrogens with zero attached hydrogens (tertiary/aromatic N) is 1. The normalized spacial score (nSPS) is 15.0. The molecule has 8 nitrogen and oxygen atoms in total. The number of halogens is 1. The molecule has 0 aliphatic carbocycles. The summed E-state index contributed by atoms with van der Waals surface area (Å²) < 4.78 is 39.0. The molecule has 3 rings (SSSR count). The van der Waals surface area contributed by atoms with Gasteiger partial charge >= 0.3 is 0 Å². The number of carbonyl (C=O) groups excluding carboxylic acids is 2. The van der Waals surface area contributed by atoms with Crippen LogP contribution in [0.4, 0.5) is 10.1 Å². The number of nitrogens with two attached hydrogens (primary N) is 1. The molecule has 0 fully saturated rings. The third-order valence-electron chi connectivity index (χ3n) is 5.23. The number of primary amides is 1. The first-order chi connectivity index (χ1) is 14.4. The van der Waals surface area contributed by atoms with Gasteiger partial charge in [0, 0.05) is 30.5 Å². The highest BCUT2D eigenvalue weighted by Gasteiger charge is 2.40. The predicted molar refractivity (Wildman–Crippen MR) is 113 cm³/mol. The number of nitrogens with one attached hydrogen (secondary N) is 1. The molecular weight excluding hydrogens is 425 g/mol. The fourth-order valence-electron chi connectivity index (χ4n) is 3.67. The van der Waals surface area contributed by atoms with Gasteiger partial charge < -0.3 is 15.6 Å². The first-order valence-corrected chi connectivity index (χ1v) is 11.4. The van der Waals surface area contributed by atoms with E-state index in [0.717, 1.165) is 12.1 Å². The van der Waals surface area contributed by atoms with E-state index in [2.05, 4.69) is 4.98 Å². The average molecular weight is 450 g/mol. The maximum absolute atomic E-state index is 13.1. The number of fused-ring (bicyclic) bond motifs is 1. The number of H-pyrrole nitrogens is 1. The van der Waals surface area contributed by atoms with Crippen molar-refractivity contribution in [1.29, 1.82) is 0 Å². The summed E-state index contributed by atoms with van der Waals surface area (Å²) in [6, 6.07) is 6.20. The summed E-state index contributed by atoms with van der Waals surface area (Å²) >= 11 is 0. The topological polar surface area (TPSA) is 130 Å². The SMILES string of the molecule is CC1(C)CN(C(=O)CCCC(N)=O)c2cc(S(=O)(=O)Cc3ccc(F)cc3)c(=O)[nH]c21. The molecule has 0 radical (unpaired) electrons. The van der Waals surface area contributed by atoms with Gasteiger partial charge in [-0.2, -0.15) is 0 Å². The van der Waals surface area contributed by atoms with Crippen LogP contribution in [0.1, 0.15) is 44.4 Å². The van der Waals surface area contributed by atoms with E-state index in [1.807, 2.05) is 13.8 Å². The maximum atomic E-state index is 13.1. The number of aromatic nitrogens is 1. The number of sulfone groups is 1. The number of hydrogen-bond acceptors (Lipinski definition) is 5. The van der Waals surface area contributed by atoms with Crippen molar-refractivity contribution in [3.8, 4) is 0 Å². The number of pyridine rings is 1. The van der Waals surface area contributed by atoms with E-state index in [0.29, 0.717) is 16.9 Å². The molecular formula is C21H24FN3O5S. The van der Waals surface area contributed by atoms with Crippen LogP contribution in [0.2, 0.25) is 0 Å². The fraction of sp³-hybridized carbons (Fsp3) is 0.381. The molecule has 0 bridgehead atoms. The summed E-state index contributed by atoms with van der Waals surface area (Å²) in [7, 11) is -4.06. The molecule has 2 heterocycles. The molecule has 3 N–H and O–H groups in total. The second-order valence-corrected chi connectivity index (χ2v) is 10.3. The van der Waals surface area contributed by atoms with Crippen LogP contribution in [0.3, 0.4) is 0 Å². The molecule has 166 valence electrons. The number of amides is 2. The summed E-state index contributed by atoms with van der Waals surface area (Å²) in [5.41, 5.74) is 4.89. The van der Waals surface area contributed by atoms with Crippen LogP contribution >= 0.6 is 0 Å². The number of aromatic amines is 1. The summed E-state index contributed by atoms with van der Waals surface area (Å²) in [6.07, 6.45) is 0.410. The Bertz CT molecular complexity index is 1190. The van der Waals surface area contributed by atoms with Crippen molar-refractivity contribution in [3.63, 3.8) is 0 Å². The van der Waals surface area contributed by atoms with Crippen molar-refractivity contribution < 1.29 is 22.4 Å². The molecule has 1 aliphatic heterocycles. The highest BCUT2D eigenvalue weighted by Crippen LogP contribution is 2.39. The van der Waals surface area contributed by atoms with E-state index in [9.17, 15) is 27.2 Å². The van der Waals surface area contributed by atoms with Crippen molar-refractivity contribution >= 4 is 27.3 Å². The Morgan fingerprint density at radius 1 is 1.19 bits per heavy atom. The minimum atomic E-state index is -4.06. The Morgan fingerprint density at radius 2 is 1.84 bits per heavy atom. The summed E-state index contributed by atoms with van der Waals surface area (Å²) in [5, 5.41) is 0. The van der Waals surface area contributed by atoms with Gasteiger partial charge in [-0.15, -0.1) is 0 Å². The number of carbonyl (C=O) groups is 2. The second kappa shape index (κ2) is 8.26. The van der Waals surface area contributed by atoms with Gasteiger partial charge in [0.15, 0.2) is 9.84 Å². The Morgan fingerprint density at radius 3 is 2.45 bits per heavy atom. The first kappa shape index (κ1) is 22.7. The lowest BCUT2D eigenvalue weighted by molar-refractivity contribution is -0.119. The first-order valence-electron chi connectivity index (χ1n) is 9.74. The monoisotopic (exact) mass is 449 g/mol. The van der Waals surface area contributed by atoms with Crippen LogP contribution in [0.15, 0.2) is 40.0 Å². The minimum Gasteiger partial charge on any atom is -0.370 e. The Labute approximate surface area is 179 Å². The minimum absolute atomic E-state index is 0.0647. The molecule has 2 aromatic rings. The largest absolute Gasteiger partial charge is 0.370 e. The number of benzene rings is 1. The van der Waals surface area contributed by atoms with Gasteiger partial charge in [0.05, 0.1) is 11.4 Å². The lowest BCUT2D eigenvalue weighted by Gasteiger charge is -2.20. The zero-order valence-electron chi connectivity index (χ0n) is 17.3. The summed E-state index contributed by atoms with van der Waals surface area (Å²) in [5.74, 6) is -1.77. The van der Waals surface area contributed by atoms with Crippen LogP contribution < -0.4 is 16.2 Å². The van der Waals surface area contributed by atoms with Crippen LogP contribution in [-0.4, -0.2) is 31.8 Å². The standard InChI is InChI=1S/C21H24FN3O5S/c1-21(2)12-25(18(27)5-3-4-17(23)26)15-10-16(20(28)24-19(15)21)31(29,30)11-13-6-8-14(22)9-7-13/h6-10H,3-5,11-12H2,1-2H3,(H2,23,26)(H,24,28). The van der Waals surface area contributed by atoms with E-state index in [1.165, 1.54) is 23.1 Å². The van der Waals surface area contributed by atoms with Crippen LogP contribution in [0.25, 0.3) is 0 Å². The number of hydrogen-bond donors (Lipinski definition) is 2. The van der Waals surface area contributed by atoms with Gasteiger partial charge in [-0.1, -0.05) is 26.0 Å². The highest BCUT2D eigenvalue weighted by atomic mass is 32.2. The number of rotatable bonds is 7. The molecule has 2 amide bonds. The lowest BCUT2D eigenvalue weighted by atomic mass is 9.91. The van der Waals surface area contributed by atoms with Gasteiger partial charge in [0.1, 0.15) is 10.7 Å². The van der Waals surface area contributed by atoms with Crippen molar-refractivity contribution in [2.24, 2.45) is 5.73 Å². The van der Waals surface area contributed by atoms with Crippen LogP contribution in [0, 0.1) is 5.82 Å². The third kappa shape index (κ3) is 4.84. The Hall–Kier alpha value is -3.01. The Kier molecular flexibility index (Phi) is 6.04. The molecule has 31 heavy (non-hydrogen) atoms. The van der Waals surface area contributed by atoms with E-state index < -0.39 is 43.2 Å². The molecule has 10 heteroatoms. The van der Waals surface area contributed by atoms with Crippen molar-refractivity contribution in [3.05, 3.63) is 57.8 Å². The Balaban J connectivity index is 1.96. The molecule has 1 aliphatic rings. The second-order valence-electron chi connectivity index (χ2n) is 8.29. The van der Waals surface area contributed by atoms with Gasteiger partial charge in [0.25, 0.3) is 5.56 Å². The summed E-state index contributed by atoms with van der Waals surface area (Å²) in [4.78, 5) is 39.9. The molecule has 0 spiro atoms. The van der Waals surface area contributed by atoms with E-state index >= 15 is 0 Å². The highest BCUT2D eigenvalue weighted by molar-refractivity contribution is 7.90. The van der Waals surface area contributed by atoms with Gasteiger partial charge in [-0.3, -0.25) is 14.4 Å². The van der Waals surface area contributed by atoms with Crippen molar-refractivity contribution in [2.75, 3.05) is 11.4 Å². The molecule has 0 saturated heterocycles. The zero-order chi connectivity index (χ0) is 23.0. The number of anilines is 1. The molecule has 1 aromatic carbocycles. The van der Waals surface area contributed by atoms with Gasteiger partial charge in [-0.25, -0.2) is 12.8 Å². The van der Waals surface area contributed by atoms with E-state index in [1.54, 1.807) is 0 Å². The molecule has 0 atom stereocenters. The smallest absolute Gasteiger partial charge is 0.267 e. The zero-order valence-corrected chi connectivity index (χ0v) is 18.1. The average Bonchev–Trinajstić information content (AvgIpc) is 2.93.